The fourth-order valence-electron chi connectivity index (χ4n) is 1.84. The van der Waals surface area contributed by atoms with E-state index in [0.29, 0.717) is 17.0 Å². The molecule has 2 rings (SSSR count). The highest BCUT2D eigenvalue weighted by atomic mass is 19.4. The second kappa shape index (κ2) is 5.50. The Hall–Kier alpha value is -2.08. The number of pyridine rings is 1. The third-order valence-corrected chi connectivity index (χ3v) is 2.86. The first kappa shape index (κ1) is 14.3. The zero-order valence-corrected chi connectivity index (χ0v) is 10.6. The Morgan fingerprint density at radius 1 is 1.20 bits per heavy atom. The van der Waals surface area contributed by atoms with Crippen LogP contribution in [0.3, 0.4) is 0 Å². The summed E-state index contributed by atoms with van der Waals surface area (Å²) in [6, 6.07) is 6.54. The van der Waals surface area contributed by atoms with E-state index in [1.807, 2.05) is 0 Å². The number of benzene rings is 1. The second-order valence-corrected chi connectivity index (χ2v) is 4.12. The Balaban J connectivity index is 2.45. The number of aliphatic hydroxyl groups excluding tert-OH is 1. The van der Waals surface area contributed by atoms with E-state index < -0.39 is 18.3 Å². The molecule has 6 heteroatoms. The molecular weight excluding hydrogens is 271 g/mol. The summed E-state index contributed by atoms with van der Waals surface area (Å²) in [6.45, 7) is -0.481. The molecule has 0 amide bonds. The van der Waals surface area contributed by atoms with Crippen LogP contribution in [0.15, 0.2) is 36.5 Å². The Morgan fingerprint density at radius 3 is 2.45 bits per heavy atom. The Kier molecular flexibility index (Phi) is 3.94. The maximum Gasteiger partial charge on any atom is 0.416 e. The minimum absolute atomic E-state index is 0.201. The van der Waals surface area contributed by atoms with E-state index in [2.05, 4.69) is 4.98 Å². The van der Waals surface area contributed by atoms with Gasteiger partial charge in [0, 0.05) is 17.8 Å². The van der Waals surface area contributed by atoms with Crippen molar-refractivity contribution in [2.24, 2.45) is 0 Å². The smallest absolute Gasteiger partial charge is 0.416 e. The summed E-state index contributed by atoms with van der Waals surface area (Å²) >= 11 is 0. The van der Waals surface area contributed by atoms with E-state index in [4.69, 9.17) is 4.74 Å². The number of halogens is 3. The number of ether oxygens (including phenoxy) is 1. The highest BCUT2D eigenvalue weighted by molar-refractivity contribution is 5.67. The average Bonchev–Trinajstić information content (AvgIpc) is 2.45. The molecule has 1 N–H and O–H groups in total. The van der Waals surface area contributed by atoms with Gasteiger partial charge >= 0.3 is 6.18 Å². The highest BCUT2D eigenvalue weighted by Crippen LogP contribution is 2.33. The number of aromatic nitrogens is 1. The molecule has 0 aliphatic rings. The van der Waals surface area contributed by atoms with Crippen LogP contribution < -0.4 is 4.74 Å². The summed E-state index contributed by atoms with van der Waals surface area (Å²) < 4.78 is 42.8. The summed E-state index contributed by atoms with van der Waals surface area (Å²) in [5.74, 6) is 0.409. The number of nitrogens with zero attached hydrogens (tertiary/aromatic N) is 1. The third kappa shape index (κ3) is 2.91. The molecule has 1 aromatic carbocycles. The molecule has 0 aliphatic heterocycles. The summed E-state index contributed by atoms with van der Waals surface area (Å²) in [4.78, 5) is 3.99. The molecule has 1 aromatic heterocycles. The number of rotatable bonds is 3. The third-order valence-electron chi connectivity index (χ3n) is 2.86. The van der Waals surface area contributed by atoms with Crippen molar-refractivity contribution in [1.29, 1.82) is 0 Å². The van der Waals surface area contributed by atoms with Gasteiger partial charge in [-0.3, -0.25) is 0 Å². The van der Waals surface area contributed by atoms with Gasteiger partial charge in [-0.2, -0.15) is 13.2 Å². The van der Waals surface area contributed by atoms with Crippen LogP contribution >= 0.6 is 0 Å². The fraction of sp³-hybridized carbons (Fsp3) is 0.214. The van der Waals surface area contributed by atoms with Crippen molar-refractivity contribution in [1.82, 2.24) is 4.98 Å². The monoisotopic (exact) mass is 283 g/mol. The van der Waals surface area contributed by atoms with Crippen LogP contribution in [0.4, 0.5) is 13.2 Å². The predicted molar refractivity (Wildman–Crippen MR) is 67.1 cm³/mol. The van der Waals surface area contributed by atoms with E-state index in [1.165, 1.54) is 19.4 Å². The van der Waals surface area contributed by atoms with Gasteiger partial charge in [-0.05, 0) is 29.3 Å². The first-order chi connectivity index (χ1) is 9.45. The quantitative estimate of drug-likeness (QED) is 0.940. The van der Waals surface area contributed by atoms with Gasteiger partial charge in [0.25, 0.3) is 0 Å². The van der Waals surface area contributed by atoms with E-state index in [1.54, 1.807) is 12.1 Å². The zero-order valence-electron chi connectivity index (χ0n) is 10.6. The van der Waals surface area contributed by atoms with Gasteiger partial charge in [-0.15, -0.1) is 0 Å². The van der Waals surface area contributed by atoms with Gasteiger partial charge in [-0.25, -0.2) is 4.98 Å². The van der Waals surface area contributed by atoms with Gasteiger partial charge in [0.05, 0.1) is 19.3 Å². The maximum absolute atomic E-state index is 12.6. The number of hydrogen-bond donors (Lipinski definition) is 1. The van der Waals surface area contributed by atoms with E-state index >= 15 is 0 Å². The van der Waals surface area contributed by atoms with Crippen LogP contribution in [0.2, 0.25) is 0 Å². The second-order valence-electron chi connectivity index (χ2n) is 4.12. The molecule has 3 nitrogen and oxygen atoms in total. The van der Waals surface area contributed by atoms with E-state index in [0.717, 1.165) is 12.1 Å². The standard InChI is InChI=1S/C14H12F3NO2/c1-20-13-5-2-9(7-18-13)12-4-3-11(14(15,16)17)6-10(12)8-19/h2-7,19H,8H2,1H3. The van der Waals surface area contributed by atoms with Gasteiger partial charge in [0.15, 0.2) is 0 Å². The lowest BCUT2D eigenvalue weighted by atomic mass is 9.99. The largest absolute Gasteiger partial charge is 0.481 e. The topological polar surface area (TPSA) is 42.4 Å². The molecule has 0 aliphatic carbocycles. The molecule has 106 valence electrons. The summed E-state index contributed by atoms with van der Waals surface area (Å²) in [5, 5.41) is 9.26. The lowest BCUT2D eigenvalue weighted by molar-refractivity contribution is -0.137. The maximum atomic E-state index is 12.6. The van der Waals surface area contributed by atoms with Crippen LogP contribution in [0.5, 0.6) is 5.88 Å². The van der Waals surface area contributed by atoms with Crippen LogP contribution in [-0.2, 0) is 12.8 Å². The molecule has 0 unspecified atom stereocenters. The van der Waals surface area contributed by atoms with E-state index in [-0.39, 0.29) is 5.56 Å². The Morgan fingerprint density at radius 2 is 1.95 bits per heavy atom. The van der Waals surface area contributed by atoms with E-state index in [9.17, 15) is 18.3 Å². The van der Waals surface area contributed by atoms with Crippen molar-refractivity contribution < 1.29 is 23.0 Å². The summed E-state index contributed by atoms with van der Waals surface area (Å²) in [5.41, 5.74) is 0.540. The molecule has 1 heterocycles. The van der Waals surface area contributed by atoms with Crippen molar-refractivity contribution in [3.8, 4) is 17.0 Å². The van der Waals surface area contributed by atoms with Crippen LogP contribution in [0.1, 0.15) is 11.1 Å². The van der Waals surface area contributed by atoms with Crippen molar-refractivity contribution in [2.45, 2.75) is 12.8 Å². The lowest BCUT2D eigenvalue weighted by Gasteiger charge is -2.12. The van der Waals surface area contributed by atoms with Crippen molar-refractivity contribution in [3.63, 3.8) is 0 Å². The Labute approximate surface area is 113 Å². The van der Waals surface area contributed by atoms with Gasteiger partial charge in [-0.1, -0.05) is 6.07 Å². The minimum atomic E-state index is -4.43. The molecule has 0 radical (unpaired) electrons. The van der Waals surface area contributed by atoms with Gasteiger partial charge < -0.3 is 9.84 Å². The van der Waals surface area contributed by atoms with Crippen LogP contribution in [0.25, 0.3) is 11.1 Å². The van der Waals surface area contributed by atoms with Crippen molar-refractivity contribution in [3.05, 3.63) is 47.7 Å². The number of hydrogen-bond acceptors (Lipinski definition) is 3. The number of aliphatic hydroxyl groups is 1. The molecule has 20 heavy (non-hydrogen) atoms. The zero-order chi connectivity index (χ0) is 14.8. The summed E-state index contributed by atoms with van der Waals surface area (Å²) in [7, 11) is 1.47. The van der Waals surface area contributed by atoms with Crippen molar-refractivity contribution >= 4 is 0 Å². The minimum Gasteiger partial charge on any atom is -0.481 e. The fourth-order valence-corrected chi connectivity index (χ4v) is 1.84. The molecule has 0 atom stereocenters. The van der Waals surface area contributed by atoms with Gasteiger partial charge in [0.1, 0.15) is 0 Å². The van der Waals surface area contributed by atoms with Crippen LogP contribution in [-0.4, -0.2) is 17.2 Å². The molecule has 0 bridgehead atoms. The molecule has 0 fully saturated rings. The number of methoxy groups -OCH3 is 1. The van der Waals surface area contributed by atoms with Crippen LogP contribution in [0, 0.1) is 0 Å². The highest BCUT2D eigenvalue weighted by Gasteiger charge is 2.30. The average molecular weight is 283 g/mol. The molecular formula is C14H12F3NO2. The Bertz CT molecular complexity index is 594. The molecule has 2 aromatic rings. The SMILES string of the molecule is COc1ccc(-c2ccc(C(F)(F)F)cc2CO)cn1. The lowest BCUT2D eigenvalue weighted by Crippen LogP contribution is -2.06. The first-order valence-electron chi connectivity index (χ1n) is 5.77. The summed E-state index contributed by atoms with van der Waals surface area (Å²) in [6.07, 6.45) is -2.94. The number of alkyl halides is 3. The molecule has 0 saturated heterocycles. The van der Waals surface area contributed by atoms with Gasteiger partial charge in [0.2, 0.25) is 5.88 Å². The van der Waals surface area contributed by atoms with Crippen molar-refractivity contribution in [2.75, 3.05) is 7.11 Å². The molecule has 0 spiro atoms. The molecule has 0 saturated carbocycles. The predicted octanol–water partition coefficient (Wildman–Crippen LogP) is 3.27. The first-order valence-corrected chi connectivity index (χ1v) is 5.77. The normalized spacial score (nSPS) is 11.4.